The molecule has 0 aromatic heterocycles. The second-order valence-corrected chi connectivity index (χ2v) is 8.66. The second kappa shape index (κ2) is 6.94. The van der Waals surface area contributed by atoms with Crippen molar-refractivity contribution >= 4 is 21.7 Å². The van der Waals surface area contributed by atoms with Gasteiger partial charge in [0.25, 0.3) is 5.91 Å². The van der Waals surface area contributed by atoms with Crippen molar-refractivity contribution in [3.05, 3.63) is 29.8 Å². The number of alkyl halides is 2. The highest BCUT2D eigenvalue weighted by Gasteiger charge is 2.47. The maximum atomic E-state index is 12.9. The van der Waals surface area contributed by atoms with E-state index in [4.69, 9.17) is 0 Å². The van der Waals surface area contributed by atoms with Gasteiger partial charge in [-0.15, -0.1) is 0 Å². The van der Waals surface area contributed by atoms with Gasteiger partial charge < -0.3 is 10.0 Å². The zero-order valence-corrected chi connectivity index (χ0v) is 14.7. The first kappa shape index (κ1) is 18.8. The summed E-state index contributed by atoms with van der Waals surface area (Å²) in [4.78, 5) is 25.3. The molecule has 6 nitrogen and oxygen atoms in total. The van der Waals surface area contributed by atoms with Crippen molar-refractivity contribution in [3.8, 4) is 0 Å². The third-order valence-corrected chi connectivity index (χ3v) is 6.67. The number of amides is 1. The molecule has 1 N–H and O–H groups in total. The number of rotatable bonds is 4. The fourth-order valence-electron chi connectivity index (χ4n) is 4.01. The van der Waals surface area contributed by atoms with E-state index in [0.717, 1.165) is 49.9 Å². The summed E-state index contributed by atoms with van der Waals surface area (Å²) in [5.41, 5.74) is 0.0932. The van der Waals surface area contributed by atoms with E-state index in [9.17, 15) is 31.9 Å². The first-order chi connectivity index (χ1) is 12.2. The molecule has 0 spiro atoms. The number of carboxylic acids is 1. The average Bonchev–Trinajstić information content (AvgIpc) is 3.01. The van der Waals surface area contributed by atoms with Crippen molar-refractivity contribution < 1.29 is 31.9 Å². The Morgan fingerprint density at radius 2 is 1.73 bits per heavy atom. The number of benzene rings is 1. The van der Waals surface area contributed by atoms with Crippen LogP contribution in [0.2, 0.25) is 0 Å². The van der Waals surface area contributed by atoms with Crippen molar-refractivity contribution in [2.24, 2.45) is 5.92 Å². The quantitative estimate of drug-likeness (QED) is 0.857. The number of aliphatic carboxylic acids is 1. The van der Waals surface area contributed by atoms with Crippen molar-refractivity contribution in [1.29, 1.82) is 0 Å². The zero-order chi connectivity index (χ0) is 19.1. The predicted octanol–water partition coefficient (Wildman–Crippen LogP) is 2.54. The van der Waals surface area contributed by atoms with Crippen molar-refractivity contribution in [2.45, 2.75) is 54.8 Å². The molecule has 1 saturated carbocycles. The molecule has 1 heterocycles. The summed E-state index contributed by atoms with van der Waals surface area (Å²) in [6.45, 7) is 0. The van der Waals surface area contributed by atoms with E-state index in [1.807, 2.05) is 0 Å². The van der Waals surface area contributed by atoms with Gasteiger partial charge >= 0.3 is 11.7 Å². The van der Waals surface area contributed by atoms with Gasteiger partial charge in [-0.05, 0) is 49.4 Å². The first-order valence-electron chi connectivity index (χ1n) is 8.41. The molecule has 3 atom stereocenters. The highest BCUT2D eigenvalue weighted by atomic mass is 32.2. The van der Waals surface area contributed by atoms with E-state index in [2.05, 4.69) is 0 Å². The number of halogens is 2. The average molecular weight is 387 g/mol. The molecule has 2 fully saturated rings. The minimum Gasteiger partial charge on any atom is -0.480 e. The Labute approximate surface area is 149 Å². The lowest BCUT2D eigenvalue weighted by atomic mass is 9.84. The van der Waals surface area contributed by atoms with Crippen LogP contribution in [0.15, 0.2) is 29.2 Å². The Morgan fingerprint density at radius 1 is 1.12 bits per heavy atom. The van der Waals surface area contributed by atoms with Crippen LogP contribution in [0, 0.1) is 5.92 Å². The van der Waals surface area contributed by atoms with Crippen LogP contribution in [0.5, 0.6) is 0 Å². The molecule has 26 heavy (non-hydrogen) atoms. The van der Waals surface area contributed by atoms with E-state index in [-0.39, 0.29) is 17.5 Å². The van der Waals surface area contributed by atoms with Crippen LogP contribution in [-0.2, 0) is 14.6 Å². The monoisotopic (exact) mass is 387 g/mol. The fourth-order valence-corrected chi connectivity index (χ4v) is 4.73. The van der Waals surface area contributed by atoms with Gasteiger partial charge in [-0.2, -0.15) is 8.78 Å². The molecule has 1 aliphatic carbocycles. The summed E-state index contributed by atoms with van der Waals surface area (Å²) < 4.78 is 48.2. The van der Waals surface area contributed by atoms with E-state index >= 15 is 0 Å². The highest BCUT2D eigenvalue weighted by molar-refractivity contribution is 7.91. The molecule has 3 rings (SSSR count). The molecule has 0 bridgehead atoms. The summed E-state index contributed by atoms with van der Waals surface area (Å²) in [5.74, 6) is -4.97. The smallest absolute Gasteiger partial charge is 0.341 e. The zero-order valence-electron chi connectivity index (χ0n) is 13.8. The van der Waals surface area contributed by atoms with Crippen LogP contribution < -0.4 is 0 Å². The summed E-state index contributed by atoms with van der Waals surface area (Å²) >= 11 is 0. The van der Waals surface area contributed by atoms with Gasteiger partial charge in [0, 0.05) is 11.6 Å². The maximum Gasteiger partial charge on any atom is 0.341 e. The molecule has 1 aromatic rings. The fraction of sp³-hybridized carbons (Fsp3) is 0.529. The van der Waals surface area contributed by atoms with E-state index in [1.165, 1.54) is 4.90 Å². The Balaban J connectivity index is 1.89. The van der Waals surface area contributed by atoms with Gasteiger partial charge in [-0.1, -0.05) is 12.8 Å². The lowest BCUT2D eigenvalue weighted by Crippen LogP contribution is -2.46. The Morgan fingerprint density at radius 3 is 2.31 bits per heavy atom. The Bertz CT molecular complexity index is 809. The van der Waals surface area contributed by atoms with E-state index in [1.54, 1.807) is 0 Å². The van der Waals surface area contributed by atoms with Crippen LogP contribution in [0.25, 0.3) is 0 Å². The molecule has 0 radical (unpaired) electrons. The second-order valence-electron chi connectivity index (χ2n) is 6.74. The van der Waals surface area contributed by atoms with Gasteiger partial charge in [0.15, 0.2) is 0 Å². The number of likely N-dealkylation sites (tertiary alicyclic amines) is 1. The van der Waals surface area contributed by atoms with Crippen molar-refractivity contribution in [2.75, 3.05) is 0 Å². The summed E-state index contributed by atoms with van der Waals surface area (Å²) in [7, 11) is -4.73. The van der Waals surface area contributed by atoms with Gasteiger partial charge in [0.2, 0.25) is 9.84 Å². The Hall–Kier alpha value is -2.03. The number of carbonyl (C=O) groups excluding carboxylic acids is 1. The van der Waals surface area contributed by atoms with Gasteiger partial charge in [0.1, 0.15) is 6.04 Å². The third kappa shape index (κ3) is 3.20. The molecule has 1 amide bonds. The first-order valence-corrected chi connectivity index (χ1v) is 9.95. The van der Waals surface area contributed by atoms with Gasteiger partial charge in [-0.25, -0.2) is 13.2 Å². The molecule has 2 aliphatic rings. The van der Waals surface area contributed by atoms with Crippen LogP contribution in [-0.4, -0.2) is 48.1 Å². The lowest BCUT2D eigenvalue weighted by Gasteiger charge is -2.33. The molecule has 9 heteroatoms. The van der Waals surface area contributed by atoms with Crippen LogP contribution >= 0.6 is 0 Å². The van der Waals surface area contributed by atoms with Crippen LogP contribution in [0.3, 0.4) is 0 Å². The number of sulfone groups is 1. The summed E-state index contributed by atoms with van der Waals surface area (Å²) in [6, 6.07) is 3.17. The highest BCUT2D eigenvalue weighted by Crippen LogP contribution is 2.40. The number of carbonyl (C=O) groups is 2. The number of nitrogens with zero attached hydrogens (tertiary/aromatic N) is 1. The third-order valence-electron chi connectivity index (χ3n) is 5.27. The lowest BCUT2D eigenvalue weighted by molar-refractivity contribution is -0.141. The summed E-state index contributed by atoms with van der Waals surface area (Å²) in [6.07, 6.45) is 3.95. The maximum absolute atomic E-state index is 12.9. The molecule has 142 valence electrons. The minimum atomic E-state index is -4.73. The molecule has 1 aliphatic heterocycles. The number of hydrogen-bond donors (Lipinski definition) is 1. The van der Waals surface area contributed by atoms with Gasteiger partial charge in [0.05, 0.1) is 4.90 Å². The largest absolute Gasteiger partial charge is 0.480 e. The van der Waals surface area contributed by atoms with Gasteiger partial charge in [-0.3, -0.25) is 4.79 Å². The van der Waals surface area contributed by atoms with E-state index < -0.39 is 38.4 Å². The molecule has 1 saturated heterocycles. The van der Waals surface area contributed by atoms with E-state index in [0.29, 0.717) is 6.42 Å². The predicted molar refractivity (Wildman–Crippen MR) is 87.6 cm³/mol. The molecule has 1 aromatic carbocycles. The number of carboxylic acid groups (broad SMARTS) is 1. The number of fused-ring (bicyclic) bond motifs is 1. The molecular weight excluding hydrogens is 368 g/mol. The SMILES string of the molecule is O=C(O)C1CC2CCCCC2N1C(=O)c1ccc(S(=O)(=O)C(F)F)cc1. The van der Waals surface area contributed by atoms with Crippen LogP contribution in [0.4, 0.5) is 8.78 Å². The minimum absolute atomic E-state index is 0.0932. The summed E-state index contributed by atoms with van der Waals surface area (Å²) in [5, 5.41) is 9.48. The standard InChI is InChI=1S/C17H19F2NO5S/c18-17(19)26(24,25)12-7-5-10(6-8-12)15(21)20-13-4-2-1-3-11(13)9-14(20)16(22)23/h5-8,11,13-14,17H,1-4,9H2,(H,22,23). The Kier molecular flexibility index (Phi) is 5.01. The van der Waals surface area contributed by atoms with Crippen molar-refractivity contribution in [1.82, 2.24) is 4.90 Å². The number of hydrogen-bond acceptors (Lipinski definition) is 4. The topological polar surface area (TPSA) is 91.8 Å². The molecular formula is C17H19F2NO5S. The molecule has 3 unspecified atom stereocenters. The van der Waals surface area contributed by atoms with Crippen LogP contribution in [0.1, 0.15) is 42.5 Å². The normalized spacial score (nSPS) is 26.0. The van der Waals surface area contributed by atoms with Crippen molar-refractivity contribution in [3.63, 3.8) is 0 Å².